The van der Waals surface area contributed by atoms with Crippen LogP contribution in [0, 0.1) is 11.8 Å². The van der Waals surface area contributed by atoms with Crippen LogP contribution in [0.4, 0.5) is 0 Å². The number of fused-ring (bicyclic) bond motifs is 1. The van der Waals surface area contributed by atoms with Gasteiger partial charge in [0.1, 0.15) is 18.6 Å². The fraction of sp³-hybridized carbons (Fsp3) is 0.429. The fourth-order valence-electron chi connectivity index (χ4n) is 8.45. The molecule has 2 N–H and O–H groups in total. The zero-order valence-corrected chi connectivity index (χ0v) is 32.3. The normalized spacial score (nSPS) is 18.3. The average Bonchev–Trinajstić information content (AvgIpc) is 3.19. The number of nitrogens with two attached hydrogens (primary N) is 1. The lowest BCUT2D eigenvalue weighted by Crippen LogP contribution is -2.31. The van der Waals surface area contributed by atoms with Crippen LogP contribution in [0.3, 0.4) is 0 Å². The summed E-state index contributed by atoms with van der Waals surface area (Å²) in [5.41, 5.74) is 12.5. The summed E-state index contributed by atoms with van der Waals surface area (Å²) >= 11 is 0. The van der Waals surface area contributed by atoms with Crippen LogP contribution >= 0.6 is 0 Å². The van der Waals surface area contributed by atoms with Crippen molar-refractivity contribution in [2.24, 2.45) is 17.6 Å². The molecule has 1 aliphatic rings. The van der Waals surface area contributed by atoms with Crippen molar-refractivity contribution in [2.45, 2.75) is 109 Å². The molecule has 0 bridgehead atoms. The lowest BCUT2D eigenvalue weighted by molar-refractivity contribution is -0.0359. The number of hydrogen-bond acceptors (Lipinski definition) is 4. The molecule has 4 nitrogen and oxygen atoms in total. The number of para-hydroxylation sites is 1. The third-order valence-electron chi connectivity index (χ3n) is 11.3. The van der Waals surface area contributed by atoms with Crippen LogP contribution in [-0.4, -0.2) is 31.6 Å². The van der Waals surface area contributed by atoms with Crippen LogP contribution in [0.25, 0.3) is 33.0 Å². The minimum atomic E-state index is -0.288. The summed E-state index contributed by atoms with van der Waals surface area (Å²) in [7, 11) is 0. The summed E-state index contributed by atoms with van der Waals surface area (Å²) in [6.45, 7) is 7.79. The predicted octanol–water partition coefficient (Wildman–Crippen LogP) is 12.6. The van der Waals surface area contributed by atoms with Gasteiger partial charge in [-0.25, -0.2) is 0 Å². The van der Waals surface area contributed by atoms with E-state index < -0.39 is 0 Å². The molecule has 0 amide bonds. The highest BCUT2D eigenvalue weighted by Crippen LogP contribution is 2.39. The lowest BCUT2D eigenvalue weighted by atomic mass is 9.79. The Labute approximate surface area is 319 Å². The Morgan fingerprint density at radius 1 is 0.679 bits per heavy atom. The monoisotopic (exact) mass is 711 g/mol. The number of benzene rings is 5. The van der Waals surface area contributed by atoms with Gasteiger partial charge in [-0.05, 0) is 97.1 Å². The summed E-state index contributed by atoms with van der Waals surface area (Å²) in [6, 6.07) is 42.8. The first-order valence-electron chi connectivity index (χ1n) is 20.3. The van der Waals surface area contributed by atoms with Gasteiger partial charge in [-0.15, -0.1) is 0 Å². The van der Waals surface area contributed by atoms with Gasteiger partial charge < -0.3 is 19.9 Å². The molecule has 1 fully saturated rings. The van der Waals surface area contributed by atoms with E-state index in [1.54, 1.807) is 0 Å². The summed E-state index contributed by atoms with van der Waals surface area (Å²) in [4.78, 5) is 0. The Balaban J connectivity index is 0.954. The van der Waals surface area contributed by atoms with Gasteiger partial charge in [-0.3, -0.25) is 0 Å². The lowest BCUT2D eigenvalue weighted by Gasteiger charge is -2.33. The van der Waals surface area contributed by atoms with Crippen molar-refractivity contribution in [2.75, 3.05) is 13.2 Å². The summed E-state index contributed by atoms with van der Waals surface area (Å²) < 4.78 is 19.4. The molecule has 5 aromatic carbocycles. The predicted molar refractivity (Wildman–Crippen MR) is 222 cm³/mol. The smallest absolute Gasteiger partial charge is 0.135 e. The first-order chi connectivity index (χ1) is 26.0. The fourth-order valence-corrected chi connectivity index (χ4v) is 8.45. The Morgan fingerprint density at radius 2 is 1.32 bits per heavy atom. The van der Waals surface area contributed by atoms with Gasteiger partial charge >= 0.3 is 0 Å². The SMILES string of the molecule is CCCCC(CC1CCC(OC(C)CC(C)c2ccc3ccccc3c2)CC1)CC(N)OCCOc1c(-c2ccccc2)cccc1-c1ccccc1. The van der Waals surface area contributed by atoms with E-state index in [0.717, 1.165) is 59.6 Å². The topological polar surface area (TPSA) is 53.7 Å². The van der Waals surface area contributed by atoms with Gasteiger partial charge in [0.15, 0.2) is 0 Å². The molecule has 0 aromatic heterocycles. The minimum Gasteiger partial charge on any atom is -0.490 e. The van der Waals surface area contributed by atoms with Crippen molar-refractivity contribution in [3.8, 4) is 28.0 Å². The van der Waals surface area contributed by atoms with E-state index in [-0.39, 0.29) is 12.3 Å². The van der Waals surface area contributed by atoms with E-state index >= 15 is 0 Å². The molecule has 0 radical (unpaired) electrons. The molecular formula is C49H61NO3. The van der Waals surface area contributed by atoms with Crippen LogP contribution in [0.1, 0.15) is 96.5 Å². The summed E-state index contributed by atoms with van der Waals surface area (Å²) in [5.74, 6) is 2.68. The molecule has 5 aromatic rings. The van der Waals surface area contributed by atoms with Gasteiger partial charge in [0.05, 0.1) is 18.8 Å². The first-order valence-corrected chi connectivity index (χ1v) is 20.3. The Bertz CT molecular complexity index is 1740. The van der Waals surface area contributed by atoms with Crippen molar-refractivity contribution in [3.63, 3.8) is 0 Å². The number of rotatable bonds is 19. The van der Waals surface area contributed by atoms with E-state index in [9.17, 15) is 0 Å². The molecule has 6 rings (SSSR count). The Hall–Kier alpha value is -3.96. The van der Waals surface area contributed by atoms with Crippen LogP contribution < -0.4 is 10.5 Å². The molecule has 0 spiro atoms. The maximum Gasteiger partial charge on any atom is 0.135 e. The van der Waals surface area contributed by atoms with Crippen LogP contribution in [-0.2, 0) is 9.47 Å². The number of ether oxygens (including phenoxy) is 3. The third-order valence-corrected chi connectivity index (χ3v) is 11.3. The van der Waals surface area contributed by atoms with Gasteiger partial charge in [-0.1, -0.05) is 154 Å². The number of unbranched alkanes of at least 4 members (excludes halogenated alkanes) is 1. The van der Waals surface area contributed by atoms with E-state index in [1.165, 1.54) is 54.9 Å². The highest BCUT2D eigenvalue weighted by atomic mass is 16.5. The quantitative estimate of drug-likeness (QED) is 0.0684. The molecule has 1 saturated carbocycles. The van der Waals surface area contributed by atoms with Gasteiger partial charge in [-0.2, -0.15) is 0 Å². The molecule has 280 valence electrons. The maximum absolute atomic E-state index is 6.66. The molecule has 4 atom stereocenters. The van der Waals surface area contributed by atoms with Crippen molar-refractivity contribution in [1.82, 2.24) is 0 Å². The third kappa shape index (κ3) is 11.3. The molecule has 4 unspecified atom stereocenters. The first kappa shape index (κ1) is 38.8. The zero-order chi connectivity index (χ0) is 36.8. The van der Waals surface area contributed by atoms with Crippen LogP contribution in [0.2, 0.25) is 0 Å². The second kappa shape index (κ2) is 19.9. The van der Waals surface area contributed by atoms with Crippen LogP contribution in [0.5, 0.6) is 5.75 Å². The Morgan fingerprint density at radius 3 is 1.98 bits per heavy atom. The number of hydrogen-bond donors (Lipinski definition) is 1. The van der Waals surface area contributed by atoms with Gasteiger partial charge in [0.2, 0.25) is 0 Å². The maximum atomic E-state index is 6.66. The second-order valence-corrected chi connectivity index (χ2v) is 15.5. The van der Waals surface area contributed by atoms with Crippen molar-refractivity contribution in [3.05, 3.63) is 127 Å². The van der Waals surface area contributed by atoms with E-state index in [4.69, 9.17) is 19.9 Å². The zero-order valence-electron chi connectivity index (χ0n) is 32.3. The molecule has 1 aliphatic carbocycles. The Kier molecular flexibility index (Phi) is 14.6. The molecule has 0 saturated heterocycles. The summed E-state index contributed by atoms with van der Waals surface area (Å²) in [6.07, 6.45) is 12.0. The van der Waals surface area contributed by atoms with E-state index in [0.29, 0.717) is 31.2 Å². The second-order valence-electron chi connectivity index (χ2n) is 15.5. The highest BCUT2D eigenvalue weighted by Gasteiger charge is 2.27. The standard InChI is InChI=1S/C49H61NO3/c1-4-5-15-39(33-38-24-28-45(29-25-38)53-37(3)32-36(2)43-27-26-40-16-12-13-21-44(40)35-43)34-48(50)51-30-31-52-49-46(41-17-8-6-9-18-41)22-14-23-47(49)42-19-10-7-11-20-42/h6-14,16-23,26-27,35-39,45,48H,4-5,15,24-25,28-34,50H2,1-3H3. The molecule has 0 heterocycles. The average molecular weight is 712 g/mol. The molecule has 4 heteroatoms. The molecule has 53 heavy (non-hydrogen) atoms. The largest absolute Gasteiger partial charge is 0.490 e. The highest BCUT2D eigenvalue weighted by molar-refractivity contribution is 5.83. The van der Waals surface area contributed by atoms with E-state index in [1.807, 2.05) is 12.1 Å². The van der Waals surface area contributed by atoms with Gasteiger partial charge in [0.25, 0.3) is 0 Å². The summed E-state index contributed by atoms with van der Waals surface area (Å²) in [5, 5.41) is 2.63. The van der Waals surface area contributed by atoms with Gasteiger partial charge in [0, 0.05) is 11.1 Å². The van der Waals surface area contributed by atoms with Crippen molar-refractivity contribution >= 4 is 10.8 Å². The minimum absolute atomic E-state index is 0.256. The van der Waals surface area contributed by atoms with Crippen molar-refractivity contribution in [1.29, 1.82) is 0 Å². The van der Waals surface area contributed by atoms with E-state index in [2.05, 4.69) is 130 Å². The van der Waals surface area contributed by atoms with Crippen molar-refractivity contribution < 1.29 is 14.2 Å². The van der Waals surface area contributed by atoms with Crippen LogP contribution in [0.15, 0.2) is 121 Å². The molecular weight excluding hydrogens is 651 g/mol. The molecule has 0 aliphatic heterocycles.